The van der Waals surface area contributed by atoms with E-state index in [0.29, 0.717) is 35.1 Å². The Morgan fingerprint density at radius 2 is 1.84 bits per heavy atom. The monoisotopic (exact) mass is 341 g/mol. The zero-order valence-corrected chi connectivity index (χ0v) is 14.7. The Morgan fingerprint density at radius 3 is 2.56 bits per heavy atom. The van der Waals surface area contributed by atoms with Crippen LogP contribution in [0.2, 0.25) is 0 Å². The molecule has 0 saturated heterocycles. The van der Waals surface area contributed by atoms with Crippen molar-refractivity contribution in [1.29, 1.82) is 0 Å². The number of methoxy groups -OCH3 is 1. The molecule has 2 rings (SSSR count). The van der Waals surface area contributed by atoms with Crippen LogP contribution in [0.5, 0.6) is 5.75 Å². The van der Waals surface area contributed by atoms with E-state index >= 15 is 0 Å². The fourth-order valence-electron chi connectivity index (χ4n) is 2.21. The summed E-state index contributed by atoms with van der Waals surface area (Å²) in [4.78, 5) is 24.3. The molecule has 0 aliphatic rings. The lowest BCUT2D eigenvalue weighted by atomic mass is 10.1. The molecule has 0 spiro atoms. The lowest BCUT2D eigenvalue weighted by molar-refractivity contribution is 0.0602. The number of ether oxygens (including phenoxy) is 2. The van der Waals surface area contributed by atoms with Crippen molar-refractivity contribution in [3.63, 3.8) is 0 Å². The minimum atomic E-state index is -0.498. The van der Waals surface area contributed by atoms with Crippen molar-refractivity contribution in [3.8, 4) is 5.75 Å². The molecular weight excluding hydrogens is 318 g/mol. The van der Waals surface area contributed by atoms with Gasteiger partial charge in [-0.3, -0.25) is 4.79 Å². The molecule has 2 aromatic rings. The molecule has 0 saturated carbocycles. The lowest BCUT2D eigenvalue weighted by Gasteiger charge is -2.11. The summed E-state index contributed by atoms with van der Waals surface area (Å²) in [6, 6.07) is 13.7. The smallest absolute Gasteiger partial charge is 0.339 e. The third-order valence-corrected chi connectivity index (χ3v) is 3.64. The van der Waals surface area contributed by atoms with Crippen LogP contribution in [0.1, 0.15) is 41.0 Å². The van der Waals surface area contributed by atoms with Crippen molar-refractivity contribution in [1.82, 2.24) is 0 Å². The third-order valence-electron chi connectivity index (χ3n) is 3.64. The van der Waals surface area contributed by atoms with Crippen LogP contribution in [0.4, 0.5) is 5.69 Å². The number of rotatable bonds is 7. The van der Waals surface area contributed by atoms with E-state index in [1.807, 2.05) is 6.07 Å². The van der Waals surface area contributed by atoms with Crippen LogP contribution in [0, 0.1) is 5.92 Å². The number of hydrogen-bond donors (Lipinski definition) is 1. The van der Waals surface area contributed by atoms with Gasteiger partial charge in [0.2, 0.25) is 0 Å². The van der Waals surface area contributed by atoms with Gasteiger partial charge in [0.1, 0.15) is 5.75 Å². The van der Waals surface area contributed by atoms with Gasteiger partial charge in [0.05, 0.1) is 25.0 Å². The Kier molecular flexibility index (Phi) is 6.57. The first-order chi connectivity index (χ1) is 12.0. The number of para-hydroxylation sites is 1. The predicted octanol–water partition coefficient (Wildman–Crippen LogP) is 4.15. The molecule has 132 valence electrons. The number of carbonyl (C=O) groups excluding carboxylic acids is 2. The summed E-state index contributed by atoms with van der Waals surface area (Å²) >= 11 is 0. The molecule has 0 aromatic heterocycles. The van der Waals surface area contributed by atoms with E-state index in [4.69, 9.17) is 9.47 Å². The quantitative estimate of drug-likeness (QED) is 0.768. The first kappa shape index (κ1) is 18.5. The molecule has 2 aromatic carbocycles. The standard InChI is InChI=1S/C20H23NO4/c1-14(2)11-12-25-16-8-6-7-15(13-16)19(22)21-18-10-5-4-9-17(18)20(23)24-3/h4-10,13-14H,11-12H2,1-3H3,(H,21,22). The van der Waals surface area contributed by atoms with Gasteiger partial charge in [-0.05, 0) is 42.7 Å². The summed E-state index contributed by atoms with van der Waals surface area (Å²) in [5.74, 6) is 0.392. The third kappa shape index (κ3) is 5.35. The molecule has 1 amide bonds. The zero-order chi connectivity index (χ0) is 18.2. The molecule has 0 atom stereocenters. The first-order valence-electron chi connectivity index (χ1n) is 8.23. The fraction of sp³-hybridized carbons (Fsp3) is 0.300. The van der Waals surface area contributed by atoms with Gasteiger partial charge in [-0.15, -0.1) is 0 Å². The summed E-state index contributed by atoms with van der Waals surface area (Å²) in [6.45, 7) is 4.87. The second kappa shape index (κ2) is 8.87. The maximum Gasteiger partial charge on any atom is 0.339 e. The number of carbonyl (C=O) groups is 2. The fourth-order valence-corrected chi connectivity index (χ4v) is 2.21. The number of esters is 1. The van der Waals surface area contributed by atoms with E-state index in [-0.39, 0.29) is 5.91 Å². The molecule has 1 N–H and O–H groups in total. The number of amides is 1. The highest BCUT2D eigenvalue weighted by Crippen LogP contribution is 2.19. The van der Waals surface area contributed by atoms with Crippen molar-refractivity contribution < 1.29 is 19.1 Å². The SMILES string of the molecule is COC(=O)c1ccccc1NC(=O)c1cccc(OCCC(C)C)c1. The van der Waals surface area contributed by atoms with Crippen LogP contribution < -0.4 is 10.1 Å². The highest BCUT2D eigenvalue weighted by atomic mass is 16.5. The summed E-state index contributed by atoms with van der Waals surface area (Å²) in [5, 5.41) is 2.75. The minimum Gasteiger partial charge on any atom is -0.494 e. The van der Waals surface area contributed by atoms with Crippen LogP contribution in [-0.2, 0) is 4.74 Å². The van der Waals surface area contributed by atoms with Crippen LogP contribution in [-0.4, -0.2) is 25.6 Å². The second-order valence-corrected chi connectivity index (χ2v) is 6.05. The van der Waals surface area contributed by atoms with Crippen molar-refractivity contribution in [2.24, 2.45) is 5.92 Å². The van der Waals surface area contributed by atoms with Crippen molar-refractivity contribution >= 4 is 17.6 Å². The molecule has 0 radical (unpaired) electrons. The number of benzene rings is 2. The molecule has 0 unspecified atom stereocenters. The maximum absolute atomic E-state index is 12.5. The van der Waals surface area contributed by atoms with Crippen molar-refractivity contribution in [3.05, 3.63) is 59.7 Å². The van der Waals surface area contributed by atoms with Gasteiger partial charge in [0.15, 0.2) is 0 Å². The average molecular weight is 341 g/mol. The molecule has 0 aliphatic carbocycles. The number of hydrogen-bond acceptors (Lipinski definition) is 4. The van der Waals surface area contributed by atoms with Crippen LogP contribution in [0.25, 0.3) is 0 Å². The predicted molar refractivity (Wildman–Crippen MR) is 97.1 cm³/mol. The highest BCUT2D eigenvalue weighted by Gasteiger charge is 2.14. The van der Waals surface area contributed by atoms with Gasteiger partial charge in [0, 0.05) is 5.56 Å². The van der Waals surface area contributed by atoms with Gasteiger partial charge in [-0.25, -0.2) is 4.79 Å². The Balaban J connectivity index is 2.10. The van der Waals surface area contributed by atoms with Gasteiger partial charge < -0.3 is 14.8 Å². The molecule has 0 fully saturated rings. The summed E-state index contributed by atoms with van der Waals surface area (Å²) < 4.78 is 10.4. The van der Waals surface area contributed by atoms with E-state index in [9.17, 15) is 9.59 Å². The van der Waals surface area contributed by atoms with Gasteiger partial charge in [-0.1, -0.05) is 32.0 Å². The van der Waals surface area contributed by atoms with Crippen LogP contribution in [0.15, 0.2) is 48.5 Å². The minimum absolute atomic E-state index is 0.308. The normalized spacial score (nSPS) is 10.4. The molecule has 25 heavy (non-hydrogen) atoms. The van der Waals surface area contributed by atoms with Crippen LogP contribution >= 0.6 is 0 Å². The zero-order valence-electron chi connectivity index (χ0n) is 14.7. The first-order valence-corrected chi connectivity index (χ1v) is 8.23. The van der Waals surface area contributed by atoms with Crippen LogP contribution in [0.3, 0.4) is 0 Å². The molecule has 0 heterocycles. The molecular formula is C20H23NO4. The topological polar surface area (TPSA) is 64.6 Å². The van der Waals surface area contributed by atoms with Gasteiger partial charge in [0.25, 0.3) is 5.91 Å². The van der Waals surface area contributed by atoms with E-state index in [1.54, 1.807) is 42.5 Å². The summed E-state index contributed by atoms with van der Waals surface area (Å²) in [6.07, 6.45) is 0.947. The largest absolute Gasteiger partial charge is 0.494 e. The van der Waals surface area contributed by atoms with E-state index < -0.39 is 5.97 Å². The Bertz CT molecular complexity index is 740. The number of anilines is 1. The van der Waals surface area contributed by atoms with E-state index in [0.717, 1.165) is 6.42 Å². The highest BCUT2D eigenvalue weighted by molar-refractivity contribution is 6.08. The Morgan fingerprint density at radius 1 is 1.08 bits per heavy atom. The molecule has 0 bridgehead atoms. The molecule has 5 heteroatoms. The summed E-state index contributed by atoms with van der Waals surface area (Å²) in [5.41, 5.74) is 1.18. The Labute approximate surface area is 148 Å². The van der Waals surface area contributed by atoms with Gasteiger partial charge in [-0.2, -0.15) is 0 Å². The number of nitrogens with one attached hydrogen (secondary N) is 1. The van der Waals surface area contributed by atoms with Crippen molar-refractivity contribution in [2.45, 2.75) is 20.3 Å². The Hall–Kier alpha value is -2.82. The maximum atomic E-state index is 12.5. The van der Waals surface area contributed by atoms with Gasteiger partial charge >= 0.3 is 5.97 Å². The lowest BCUT2D eigenvalue weighted by Crippen LogP contribution is -2.15. The molecule has 5 nitrogen and oxygen atoms in total. The molecule has 0 aliphatic heterocycles. The van der Waals surface area contributed by atoms with E-state index in [2.05, 4.69) is 19.2 Å². The average Bonchev–Trinajstić information content (AvgIpc) is 2.61. The van der Waals surface area contributed by atoms with Crippen molar-refractivity contribution in [2.75, 3.05) is 19.0 Å². The van der Waals surface area contributed by atoms with E-state index in [1.165, 1.54) is 7.11 Å². The summed E-state index contributed by atoms with van der Waals surface area (Å²) in [7, 11) is 1.30. The second-order valence-electron chi connectivity index (χ2n) is 6.05.